The Morgan fingerprint density at radius 1 is 1.08 bits per heavy atom. The molecule has 1 rings (SSSR count). The van der Waals surface area contributed by atoms with Crippen LogP contribution in [0.4, 0.5) is 5.69 Å². The SMILES string of the molecule is CCCCN(NC(=O)C(O)(CCC(C)C)CCC(C)C)c1ccccc1. The van der Waals surface area contributed by atoms with Gasteiger partial charge in [0.1, 0.15) is 5.60 Å². The molecule has 0 spiro atoms. The maximum atomic E-state index is 13.0. The summed E-state index contributed by atoms with van der Waals surface area (Å²) in [6.07, 6.45) is 4.69. The minimum absolute atomic E-state index is 0.279. The summed E-state index contributed by atoms with van der Waals surface area (Å²) < 4.78 is 0. The predicted octanol–water partition coefficient (Wildman–Crippen LogP) is 4.93. The van der Waals surface area contributed by atoms with Crippen LogP contribution in [0.3, 0.4) is 0 Å². The number of nitrogens with one attached hydrogen (secondary N) is 1. The van der Waals surface area contributed by atoms with Gasteiger partial charge in [0.05, 0.1) is 5.69 Å². The van der Waals surface area contributed by atoms with Gasteiger partial charge >= 0.3 is 0 Å². The van der Waals surface area contributed by atoms with Crippen molar-refractivity contribution in [3.05, 3.63) is 30.3 Å². The van der Waals surface area contributed by atoms with Gasteiger partial charge in [-0.1, -0.05) is 59.2 Å². The summed E-state index contributed by atoms with van der Waals surface area (Å²) in [6.45, 7) is 11.4. The standard InChI is InChI=1S/C22H38N2O2/c1-6-7-17-24(20-11-9-8-10-12-20)23-21(25)22(26,15-13-18(2)3)16-14-19(4)5/h8-12,18-19,26H,6-7,13-17H2,1-5H3,(H,23,25). The fraction of sp³-hybridized carbons (Fsp3) is 0.682. The second-order valence-corrected chi connectivity index (χ2v) is 8.18. The number of unbranched alkanes of at least 4 members (excludes halogenated alkanes) is 1. The Balaban J connectivity index is 2.91. The Hall–Kier alpha value is -1.55. The lowest BCUT2D eigenvalue weighted by Gasteiger charge is -2.33. The largest absolute Gasteiger partial charge is 0.380 e. The predicted molar refractivity (Wildman–Crippen MR) is 110 cm³/mol. The molecule has 0 aliphatic heterocycles. The molecule has 0 radical (unpaired) electrons. The van der Waals surface area contributed by atoms with Crippen LogP contribution in [0.5, 0.6) is 0 Å². The molecule has 0 heterocycles. The highest BCUT2D eigenvalue weighted by molar-refractivity contribution is 5.86. The quantitative estimate of drug-likeness (QED) is 0.519. The van der Waals surface area contributed by atoms with Crippen LogP contribution in [0, 0.1) is 11.8 Å². The number of anilines is 1. The molecule has 0 unspecified atom stereocenters. The summed E-state index contributed by atoms with van der Waals surface area (Å²) in [7, 11) is 0. The second-order valence-electron chi connectivity index (χ2n) is 8.18. The van der Waals surface area contributed by atoms with Crippen molar-refractivity contribution >= 4 is 11.6 Å². The molecule has 0 atom stereocenters. The Bertz CT molecular complexity index is 502. The molecular formula is C22H38N2O2. The van der Waals surface area contributed by atoms with Gasteiger partial charge in [0.25, 0.3) is 5.91 Å². The van der Waals surface area contributed by atoms with Crippen LogP contribution in [0.25, 0.3) is 0 Å². The third kappa shape index (κ3) is 7.77. The van der Waals surface area contributed by atoms with Crippen LogP contribution in [0.2, 0.25) is 0 Å². The molecule has 0 aliphatic rings. The topological polar surface area (TPSA) is 52.6 Å². The number of hydrogen-bond acceptors (Lipinski definition) is 3. The zero-order chi connectivity index (χ0) is 19.6. The first kappa shape index (κ1) is 22.5. The Morgan fingerprint density at radius 2 is 1.62 bits per heavy atom. The summed E-state index contributed by atoms with van der Waals surface area (Å²) in [5, 5.41) is 13.0. The minimum Gasteiger partial charge on any atom is -0.380 e. The number of carbonyl (C=O) groups is 1. The molecule has 0 fully saturated rings. The molecular weight excluding hydrogens is 324 g/mol. The van der Waals surface area contributed by atoms with Crippen molar-refractivity contribution in [3.8, 4) is 0 Å². The molecule has 2 N–H and O–H groups in total. The van der Waals surface area contributed by atoms with Gasteiger partial charge in [-0.05, 0) is 56.1 Å². The molecule has 1 aromatic rings. The van der Waals surface area contributed by atoms with Gasteiger partial charge in [0.2, 0.25) is 0 Å². The van der Waals surface area contributed by atoms with Crippen LogP contribution in [0.1, 0.15) is 73.1 Å². The number of rotatable bonds is 12. The summed E-state index contributed by atoms with van der Waals surface area (Å²) in [5.41, 5.74) is 2.64. The molecule has 0 saturated carbocycles. The fourth-order valence-electron chi connectivity index (χ4n) is 2.81. The van der Waals surface area contributed by atoms with E-state index >= 15 is 0 Å². The Labute approximate surface area is 160 Å². The number of nitrogens with zero attached hydrogens (tertiary/aromatic N) is 1. The molecule has 0 aromatic heterocycles. The van der Waals surface area contributed by atoms with E-state index in [2.05, 4.69) is 40.0 Å². The van der Waals surface area contributed by atoms with E-state index in [4.69, 9.17) is 0 Å². The van der Waals surface area contributed by atoms with Crippen molar-refractivity contribution in [2.75, 3.05) is 11.6 Å². The zero-order valence-corrected chi connectivity index (χ0v) is 17.3. The van der Waals surface area contributed by atoms with Gasteiger partial charge in [-0.25, -0.2) is 0 Å². The van der Waals surface area contributed by atoms with Crippen molar-refractivity contribution < 1.29 is 9.90 Å². The number of benzene rings is 1. The van der Waals surface area contributed by atoms with E-state index in [0.29, 0.717) is 24.7 Å². The lowest BCUT2D eigenvalue weighted by atomic mass is 9.86. The number of hydrazine groups is 1. The molecule has 0 saturated heterocycles. The van der Waals surface area contributed by atoms with Gasteiger partial charge in [0, 0.05) is 6.54 Å². The van der Waals surface area contributed by atoms with Crippen molar-refractivity contribution in [1.82, 2.24) is 5.43 Å². The lowest BCUT2D eigenvalue weighted by molar-refractivity contribution is -0.142. The van der Waals surface area contributed by atoms with Gasteiger partial charge in [-0.3, -0.25) is 15.2 Å². The van der Waals surface area contributed by atoms with Crippen molar-refractivity contribution in [2.45, 2.75) is 78.7 Å². The number of aliphatic hydroxyl groups is 1. The third-order valence-electron chi connectivity index (χ3n) is 4.73. The fourth-order valence-corrected chi connectivity index (χ4v) is 2.81. The normalized spacial score (nSPS) is 11.8. The number of amides is 1. The molecule has 26 heavy (non-hydrogen) atoms. The summed E-state index contributed by atoms with van der Waals surface area (Å²) in [4.78, 5) is 13.0. The number of hydrogen-bond donors (Lipinski definition) is 2. The first-order chi connectivity index (χ1) is 12.3. The first-order valence-corrected chi connectivity index (χ1v) is 10.1. The van der Waals surface area contributed by atoms with Crippen LogP contribution in [-0.4, -0.2) is 23.2 Å². The molecule has 0 bridgehead atoms. The van der Waals surface area contributed by atoms with Crippen molar-refractivity contribution in [1.29, 1.82) is 0 Å². The monoisotopic (exact) mass is 362 g/mol. The average Bonchev–Trinajstić information content (AvgIpc) is 2.62. The van der Waals surface area contributed by atoms with Gasteiger partial charge in [-0.2, -0.15) is 0 Å². The molecule has 0 aliphatic carbocycles. The van der Waals surface area contributed by atoms with Crippen LogP contribution in [0.15, 0.2) is 30.3 Å². The van der Waals surface area contributed by atoms with Gasteiger partial charge < -0.3 is 5.11 Å². The molecule has 1 aromatic carbocycles. The Kier molecular flexibility index (Phi) is 9.71. The highest BCUT2D eigenvalue weighted by Crippen LogP contribution is 2.25. The number of carbonyl (C=O) groups excluding carboxylic acids is 1. The van der Waals surface area contributed by atoms with E-state index in [-0.39, 0.29) is 5.91 Å². The first-order valence-electron chi connectivity index (χ1n) is 10.1. The molecule has 1 amide bonds. The number of para-hydroxylation sites is 1. The molecule has 4 heteroatoms. The van der Waals surface area contributed by atoms with Gasteiger partial charge in [0.15, 0.2) is 0 Å². The lowest BCUT2D eigenvalue weighted by Crippen LogP contribution is -2.54. The Morgan fingerprint density at radius 3 is 2.08 bits per heavy atom. The van der Waals surface area contributed by atoms with Crippen molar-refractivity contribution in [2.24, 2.45) is 11.8 Å². The summed E-state index contributed by atoms with van der Waals surface area (Å²) >= 11 is 0. The van der Waals surface area contributed by atoms with E-state index in [1.807, 2.05) is 35.3 Å². The highest BCUT2D eigenvalue weighted by Gasteiger charge is 2.36. The zero-order valence-electron chi connectivity index (χ0n) is 17.3. The maximum Gasteiger partial charge on any atom is 0.270 e. The average molecular weight is 363 g/mol. The highest BCUT2D eigenvalue weighted by atomic mass is 16.3. The molecule has 4 nitrogen and oxygen atoms in total. The maximum absolute atomic E-state index is 13.0. The van der Waals surface area contributed by atoms with Crippen molar-refractivity contribution in [3.63, 3.8) is 0 Å². The van der Waals surface area contributed by atoms with Crippen LogP contribution >= 0.6 is 0 Å². The summed E-state index contributed by atoms with van der Waals surface area (Å²) in [6, 6.07) is 9.85. The van der Waals surface area contributed by atoms with E-state index < -0.39 is 5.60 Å². The smallest absolute Gasteiger partial charge is 0.270 e. The van der Waals surface area contributed by atoms with E-state index in [1.165, 1.54) is 0 Å². The third-order valence-corrected chi connectivity index (χ3v) is 4.73. The van der Waals surface area contributed by atoms with Crippen LogP contribution in [-0.2, 0) is 4.79 Å². The minimum atomic E-state index is -1.31. The van der Waals surface area contributed by atoms with Crippen LogP contribution < -0.4 is 10.4 Å². The van der Waals surface area contributed by atoms with Gasteiger partial charge in [-0.15, -0.1) is 0 Å². The van der Waals surface area contributed by atoms with E-state index in [0.717, 1.165) is 37.9 Å². The summed E-state index contributed by atoms with van der Waals surface area (Å²) in [5.74, 6) is 0.635. The van der Waals surface area contributed by atoms with E-state index in [9.17, 15) is 9.90 Å². The molecule has 148 valence electrons. The van der Waals surface area contributed by atoms with E-state index in [1.54, 1.807) is 0 Å². The second kappa shape index (κ2) is 11.2.